The van der Waals surface area contributed by atoms with Gasteiger partial charge in [0.1, 0.15) is 11.5 Å². The highest BCUT2D eigenvalue weighted by Gasteiger charge is 2.37. The van der Waals surface area contributed by atoms with Gasteiger partial charge in [-0.2, -0.15) is 0 Å². The highest BCUT2D eigenvalue weighted by Crippen LogP contribution is 2.35. The summed E-state index contributed by atoms with van der Waals surface area (Å²) in [5.74, 6) is 0.0886. The van der Waals surface area contributed by atoms with E-state index in [1.807, 2.05) is 79.7 Å². The number of hydrogen-bond donors (Lipinski definition) is 0. The second kappa shape index (κ2) is 8.82. The van der Waals surface area contributed by atoms with Crippen LogP contribution < -0.4 is 14.4 Å². The van der Waals surface area contributed by atoms with Crippen molar-refractivity contribution in [1.82, 2.24) is 0 Å². The van der Waals surface area contributed by atoms with E-state index in [2.05, 4.69) is 0 Å². The van der Waals surface area contributed by atoms with Gasteiger partial charge in [-0.3, -0.25) is 9.59 Å². The summed E-state index contributed by atoms with van der Waals surface area (Å²) in [7, 11) is 0. The molecule has 30 heavy (non-hydrogen) atoms. The molecule has 5 heteroatoms. The molecular formula is C25H23NO4. The molecule has 0 aromatic heterocycles. The van der Waals surface area contributed by atoms with Gasteiger partial charge in [0.25, 0.3) is 0 Å². The first-order valence-corrected chi connectivity index (χ1v) is 10.1. The zero-order chi connectivity index (χ0) is 20.9. The maximum Gasteiger partial charge on any atom is 0.316 e. The third-order valence-corrected chi connectivity index (χ3v) is 5.10. The summed E-state index contributed by atoms with van der Waals surface area (Å²) in [6.45, 7) is 2.67. The van der Waals surface area contributed by atoms with E-state index in [9.17, 15) is 9.59 Å². The molecule has 1 aliphatic heterocycles. The number of rotatable bonds is 6. The Morgan fingerprint density at radius 3 is 2.37 bits per heavy atom. The standard InChI is InChI=1S/C25H23NO4/c1-2-29-23-15-9-7-13-21(23)26-17-19(16-24(26)27)25(28)30-22-14-8-6-12-20(22)18-10-4-3-5-11-18/h3-15,19H,2,16-17H2,1H3/t19-/m1/s1. The Morgan fingerprint density at radius 1 is 0.933 bits per heavy atom. The third-order valence-electron chi connectivity index (χ3n) is 5.10. The lowest BCUT2D eigenvalue weighted by atomic mass is 10.0. The maximum absolute atomic E-state index is 12.9. The van der Waals surface area contributed by atoms with Crippen LogP contribution >= 0.6 is 0 Å². The van der Waals surface area contributed by atoms with Crippen molar-refractivity contribution in [3.8, 4) is 22.6 Å². The lowest BCUT2D eigenvalue weighted by Gasteiger charge is -2.20. The van der Waals surface area contributed by atoms with Crippen molar-refractivity contribution in [1.29, 1.82) is 0 Å². The van der Waals surface area contributed by atoms with Gasteiger partial charge in [0.2, 0.25) is 5.91 Å². The van der Waals surface area contributed by atoms with Crippen molar-refractivity contribution in [2.24, 2.45) is 5.92 Å². The van der Waals surface area contributed by atoms with Crippen LogP contribution in [0.5, 0.6) is 11.5 Å². The van der Waals surface area contributed by atoms with Gasteiger partial charge in [0.05, 0.1) is 18.2 Å². The fraction of sp³-hybridized carbons (Fsp3) is 0.200. The minimum atomic E-state index is -0.531. The molecule has 0 saturated carbocycles. The summed E-state index contributed by atoms with van der Waals surface area (Å²) in [6, 6.07) is 24.6. The van der Waals surface area contributed by atoms with Crippen LogP contribution in [0.2, 0.25) is 0 Å². The van der Waals surface area contributed by atoms with Crippen molar-refractivity contribution in [3.63, 3.8) is 0 Å². The van der Waals surface area contributed by atoms with Crippen LogP contribution in [0.1, 0.15) is 13.3 Å². The van der Waals surface area contributed by atoms with Gasteiger partial charge in [-0.1, -0.05) is 60.7 Å². The Balaban J connectivity index is 1.52. The summed E-state index contributed by atoms with van der Waals surface area (Å²) in [6.07, 6.45) is 0.118. The number of carbonyl (C=O) groups is 2. The quantitative estimate of drug-likeness (QED) is 0.443. The average Bonchev–Trinajstić information content (AvgIpc) is 3.17. The number of benzene rings is 3. The lowest BCUT2D eigenvalue weighted by Crippen LogP contribution is -2.27. The number of para-hydroxylation sites is 3. The molecule has 1 heterocycles. The van der Waals surface area contributed by atoms with Gasteiger partial charge in [-0.05, 0) is 30.7 Å². The van der Waals surface area contributed by atoms with E-state index in [0.717, 1.165) is 11.1 Å². The van der Waals surface area contributed by atoms with Crippen molar-refractivity contribution in [2.45, 2.75) is 13.3 Å². The number of ether oxygens (including phenoxy) is 2. The van der Waals surface area contributed by atoms with Gasteiger partial charge in [-0.25, -0.2) is 0 Å². The van der Waals surface area contributed by atoms with Crippen LogP contribution in [0.3, 0.4) is 0 Å². The van der Waals surface area contributed by atoms with E-state index in [-0.39, 0.29) is 18.9 Å². The van der Waals surface area contributed by atoms with Gasteiger partial charge >= 0.3 is 5.97 Å². The number of esters is 1. The molecular weight excluding hydrogens is 378 g/mol. The van der Waals surface area contributed by atoms with Crippen LogP contribution in [0, 0.1) is 5.92 Å². The summed E-state index contributed by atoms with van der Waals surface area (Å²) in [5, 5.41) is 0. The van der Waals surface area contributed by atoms with Crippen LogP contribution in [0.25, 0.3) is 11.1 Å². The monoisotopic (exact) mass is 401 g/mol. The summed E-state index contributed by atoms with van der Waals surface area (Å²) < 4.78 is 11.4. The fourth-order valence-corrected chi connectivity index (χ4v) is 3.66. The average molecular weight is 401 g/mol. The molecule has 0 unspecified atom stereocenters. The Kier molecular flexibility index (Phi) is 5.80. The van der Waals surface area contributed by atoms with E-state index in [1.165, 1.54) is 0 Å². The van der Waals surface area contributed by atoms with E-state index in [4.69, 9.17) is 9.47 Å². The zero-order valence-electron chi connectivity index (χ0n) is 16.8. The summed E-state index contributed by atoms with van der Waals surface area (Å²) >= 11 is 0. The number of anilines is 1. The molecule has 4 rings (SSSR count). The molecule has 3 aromatic carbocycles. The number of hydrogen-bond acceptors (Lipinski definition) is 4. The topological polar surface area (TPSA) is 55.8 Å². The second-order valence-corrected chi connectivity index (χ2v) is 7.09. The van der Waals surface area contributed by atoms with Gasteiger partial charge in [0, 0.05) is 18.5 Å². The molecule has 0 aliphatic carbocycles. The van der Waals surface area contributed by atoms with Crippen molar-refractivity contribution in [2.75, 3.05) is 18.1 Å². The van der Waals surface area contributed by atoms with Gasteiger partial charge < -0.3 is 14.4 Å². The predicted molar refractivity (Wildman–Crippen MR) is 116 cm³/mol. The van der Waals surface area contributed by atoms with Crippen LogP contribution in [0.15, 0.2) is 78.9 Å². The maximum atomic E-state index is 12.9. The molecule has 0 radical (unpaired) electrons. The first kappa shape index (κ1) is 19.7. The van der Waals surface area contributed by atoms with E-state index in [1.54, 1.807) is 11.0 Å². The molecule has 1 amide bonds. The molecule has 1 fully saturated rings. The fourth-order valence-electron chi connectivity index (χ4n) is 3.66. The van der Waals surface area contributed by atoms with Crippen LogP contribution in [-0.4, -0.2) is 25.0 Å². The number of carbonyl (C=O) groups excluding carboxylic acids is 2. The molecule has 1 aliphatic rings. The third kappa shape index (κ3) is 4.06. The molecule has 152 valence electrons. The van der Waals surface area contributed by atoms with E-state index >= 15 is 0 Å². The molecule has 3 aromatic rings. The highest BCUT2D eigenvalue weighted by atomic mass is 16.5. The lowest BCUT2D eigenvalue weighted by molar-refractivity contribution is -0.139. The Morgan fingerprint density at radius 2 is 1.60 bits per heavy atom. The van der Waals surface area contributed by atoms with Crippen LogP contribution in [-0.2, 0) is 9.59 Å². The predicted octanol–water partition coefficient (Wildman–Crippen LogP) is 4.71. The molecule has 1 atom stereocenters. The number of amides is 1. The first-order valence-electron chi connectivity index (χ1n) is 10.1. The summed E-state index contributed by atoms with van der Waals surface area (Å²) in [4.78, 5) is 27.2. The first-order chi connectivity index (χ1) is 14.7. The Hall–Kier alpha value is -3.60. The second-order valence-electron chi connectivity index (χ2n) is 7.09. The van der Waals surface area contributed by atoms with Gasteiger partial charge in [0.15, 0.2) is 0 Å². The zero-order valence-corrected chi connectivity index (χ0v) is 16.8. The SMILES string of the molecule is CCOc1ccccc1N1C[C@H](C(=O)Oc2ccccc2-c2ccccc2)CC1=O. The summed E-state index contributed by atoms with van der Waals surface area (Å²) in [5.41, 5.74) is 2.49. The molecule has 5 nitrogen and oxygen atoms in total. The minimum absolute atomic E-state index is 0.111. The Labute approximate surface area is 175 Å². The van der Waals surface area contributed by atoms with Crippen molar-refractivity contribution >= 4 is 17.6 Å². The minimum Gasteiger partial charge on any atom is -0.492 e. The molecule has 0 N–H and O–H groups in total. The van der Waals surface area contributed by atoms with Crippen molar-refractivity contribution < 1.29 is 19.1 Å². The highest BCUT2D eigenvalue weighted by molar-refractivity contribution is 6.00. The number of nitrogens with zero attached hydrogens (tertiary/aromatic N) is 1. The Bertz CT molecular complexity index is 1050. The van der Waals surface area contributed by atoms with Crippen molar-refractivity contribution in [3.05, 3.63) is 78.9 Å². The molecule has 0 spiro atoms. The van der Waals surface area contributed by atoms with Crippen LogP contribution in [0.4, 0.5) is 5.69 Å². The molecule has 0 bridgehead atoms. The van der Waals surface area contributed by atoms with E-state index < -0.39 is 11.9 Å². The van der Waals surface area contributed by atoms with Gasteiger partial charge in [-0.15, -0.1) is 0 Å². The largest absolute Gasteiger partial charge is 0.492 e. The van der Waals surface area contributed by atoms with E-state index in [0.29, 0.717) is 23.8 Å². The smallest absolute Gasteiger partial charge is 0.316 e. The molecule has 1 saturated heterocycles. The normalized spacial score (nSPS) is 15.8.